The number of amides is 1. The number of thiophene rings is 1. The van der Waals surface area contributed by atoms with Crippen LogP contribution in [0, 0.1) is 0 Å². The lowest BCUT2D eigenvalue weighted by Gasteiger charge is -2.11. The first-order valence-electron chi connectivity index (χ1n) is 7.57. The van der Waals surface area contributed by atoms with Crippen molar-refractivity contribution in [1.29, 1.82) is 0 Å². The smallest absolute Gasteiger partial charge is 0.251 e. The van der Waals surface area contributed by atoms with Gasteiger partial charge in [0, 0.05) is 25.7 Å². The maximum atomic E-state index is 11.5. The molecule has 0 saturated carbocycles. The Morgan fingerprint density at radius 1 is 1.13 bits per heavy atom. The molecule has 0 radical (unpaired) electrons. The first-order valence-corrected chi connectivity index (χ1v) is 8.51. The first-order chi connectivity index (χ1) is 11.2. The second-order valence-electron chi connectivity index (χ2n) is 4.96. The van der Waals surface area contributed by atoms with Crippen molar-refractivity contribution < 1.29 is 4.79 Å². The lowest BCUT2D eigenvalue weighted by atomic mass is 10.1. The van der Waals surface area contributed by atoms with Crippen LogP contribution in [0.5, 0.6) is 0 Å². The third kappa shape index (κ3) is 5.41. The monoisotopic (exact) mass is 330 g/mol. The molecule has 0 unspecified atom stereocenters. The second kappa shape index (κ2) is 8.95. The number of nitrogens with zero attached hydrogens (tertiary/aromatic N) is 1. The van der Waals surface area contributed by atoms with Crippen LogP contribution in [0.2, 0.25) is 0 Å². The minimum absolute atomic E-state index is 0.0739. The summed E-state index contributed by atoms with van der Waals surface area (Å²) in [6.07, 6.45) is 0. The fraction of sp³-hybridized carbons (Fsp3) is 0.294. The summed E-state index contributed by atoms with van der Waals surface area (Å²) in [7, 11) is 1.63. The summed E-state index contributed by atoms with van der Waals surface area (Å²) >= 11 is 1.68. The molecule has 1 heterocycles. The second-order valence-corrected chi connectivity index (χ2v) is 5.74. The van der Waals surface area contributed by atoms with Crippen LogP contribution in [0.4, 0.5) is 0 Å². The summed E-state index contributed by atoms with van der Waals surface area (Å²) in [5, 5.41) is 13.3. The summed E-state index contributed by atoms with van der Waals surface area (Å²) in [5.74, 6) is 0.712. The van der Waals surface area contributed by atoms with Gasteiger partial charge < -0.3 is 16.0 Å². The van der Waals surface area contributed by atoms with E-state index in [2.05, 4.69) is 37.8 Å². The molecule has 3 N–H and O–H groups in total. The Bertz CT molecular complexity index is 635. The minimum Gasteiger partial charge on any atom is -0.357 e. The molecule has 2 rings (SSSR count). The van der Waals surface area contributed by atoms with Crippen molar-refractivity contribution in [3.8, 4) is 0 Å². The van der Waals surface area contributed by atoms with Gasteiger partial charge in [-0.2, -0.15) is 11.3 Å². The summed E-state index contributed by atoms with van der Waals surface area (Å²) in [4.78, 5) is 16.1. The predicted molar refractivity (Wildman–Crippen MR) is 95.8 cm³/mol. The summed E-state index contributed by atoms with van der Waals surface area (Å²) in [6, 6.07) is 9.62. The maximum absolute atomic E-state index is 11.5. The Kier molecular flexibility index (Phi) is 6.62. The average molecular weight is 330 g/mol. The normalized spacial score (nSPS) is 11.1. The molecule has 0 aliphatic carbocycles. The van der Waals surface area contributed by atoms with Gasteiger partial charge in [0.05, 0.1) is 6.54 Å². The van der Waals surface area contributed by atoms with E-state index in [0.717, 1.165) is 18.1 Å². The fourth-order valence-electron chi connectivity index (χ4n) is 2.00. The molecule has 1 amide bonds. The number of hydrogen-bond donors (Lipinski definition) is 3. The van der Waals surface area contributed by atoms with Gasteiger partial charge in [0.2, 0.25) is 0 Å². The molecule has 1 aromatic heterocycles. The Morgan fingerprint density at radius 3 is 2.52 bits per heavy atom. The van der Waals surface area contributed by atoms with Crippen molar-refractivity contribution in [2.45, 2.75) is 20.0 Å². The number of nitrogens with one attached hydrogen (secondary N) is 3. The number of guanidine groups is 1. The zero-order valence-corrected chi connectivity index (χ0v) is 14.2. The molecule has 0 spiro atoms. The van der Waals surface area contributed by atoms with Crippen molar-refractivity contribution in [2.75, 3.05) is 13.6 Å². The molecule has 0 atom stereocenters. The molecule has 5 nitrogen and oxygen atoms in total. The zero-order valence-electron chi connectivity index (χ0n) is 13.4. The maximum Gasteiger partial charge on any atom is 0.251 e. The lowest BCUT2D eigenvalue weighted by molar-refractivity contribution is 0.0963. The largest absolute Gasteiger partial charge is 0.357 e. The van der Waals surface area contributed by atoms with Crippen LogP contribution in [-0.2, 0) is 13.1 Å². The number of hydrogen-bond acceptors (Lipinski definition) is 3. The summed E-state index contributed by atoms with van der Waals surface area (Å²) < 4.78 is 0. The quantitative estimate of drug-likeness (QED) is 0.563. The SMILES string of the molecule is CCNC(=NCc1ccsc1)NCc1ccc(C(=O)NC)cc1. The molecule has 0 aliphatic heterocycles. The summed E-state index contributed by atoms with van der Waals surface area (Å²) in [5.41, 5.74) is 2.97. The number of rotatable bonds is 6. The van der Waals surface area contributed by atoms with Crippen LogP contribution in [0.15, 0.2) is 46.1 Å². The molecular weight excluding hydrogens is 308 g/mol. The lowest BCUT2D eigenvalue weighted by Crippen LogP contribution is -2.36. The van der Waals surface area contributed by atoms with Crippen molar-refractivity contribution in [3.05, 3.63) is 57.8 Å². The van der Waals surface area contributed by atoms with Crippen LogP contribution in [-0.4, -0.2) is 25.5 Å². The Balaban J connectivity index is 1.92. The minimum atomic E-state index is -0.0739. The van der Waals surface area contributed by atoms with Gasteiger partial charge in [0.1, 0.15) is 0 Å². The van der Waals surface area contributed by atoms with Gasteiger partial charge in [-0.05, 0) is 47.0 Å². The molecule has 6 heteroatoms. The van der Waals surface area contributed by atoms with Gasteiger partial charge in [-0.25, -0.2) is 4.99 Å². The third-order valence-electron chi connectivity index (χ3n) is 3.25. The van der Waals surface area contributed by atoms with Crippen molar-refractivity contribution in [1.82, 2.24) is 16.0 Å². The van der Waals surface area contributed by atoms with E-state index in [0.29, 0.717) is 18.7 Å². The molecule has 122 valence electrons. The van der Waals surface area contributed by atoms with Gasteiger partial charge in [-0.15, -0.1) is 0 Å². The molecule has 23 heavy (non-hydrogen) atoms. The van der Waals surface area contributed by atoms with Gasteiger partial charge in [-0.1, -0.05) is 12.1 Å². The Morgan fingerprint density at radius 2 is 1.91 bits per heavy atom. The predicted octanol–water partition coefficient (Wildman–Crippen LogP) is 2.36. The van der Waals surface area contributed by atoms with E-state index in [-0.39, 0.29) is 5.91 Å². The van der Waals surface area contributed by atoms with Crippen molar-refractivity contribution in [2.24, 2.45) is 4.99 Å². The topological polar surface area (TPSA) is 65.5 Å². The standard InChI is InChI=1S/C17H22N4OS/c1-3-19-17(21-11-14-8-9-23-12-14)20-10-13-4-6-15(7-5-13)16(22)18-2/h4-9,12H,3,10-11H2,1-2H3,(H,18,22)(H2,19,20,21). The van der Waals surface area contributed by atoms with E-state index in [1.54, 1.807) is 18.4 Å². The van der Waals surface area contributed by atoms with E-state index in [1.165, 1.54) is 5.56 Å². The highest BCUT2D eigenvalue weighted by atomic mass is 32.1. The van der Waals surface area contributed by atoms with E-state index in [9.17, 15) is 4.79 Å². The van der Waals surface area contributed by atoms with Crippen LogP contribution in [0.1, 0.15) is 28.4 Å². The summed E-state index contributed by atoms with van der Waals surface area (Å²) in [6.45, 7) is 4.17. The van der Waals surface area contributed by atoms with Crippen LogP contribution in [0.25, 0.3) is 0 Å². The van der Waals surface area contributed by atoms with Gasteiger partial charge >= 0.3 is 0 Å². The molecular formula is C17H22N4OS. The number of carbonyl (C=O) groups excluding carboxylic acids is 1. The molecule has 0 aliphatic rings. The highest BCUT2D eigenvalue weighted by Crippen LogP contribution is 2.07. The van der Waals surface area contributed by atoms with Crippen molar-refractivity contribution >= 4 is 23.2 Å². The highest BCUT2D eigenvalue weighted by molar-refractivity contribution is 7.07. The van der Waals surface area contributed by atoms with Gasteiger partial charge in [0.15, 0.2) is 5.96 Å². The number of carbonyl (C=O) groups is 1. The number of benzene rings is 1. The molecule has 0 bridgehead atoms. The average Bonchev–Trinajstić information content (AvgIpc) is 3.10. The van der Waals surface area contributed by atoms with Crippen LogP contribution < -0.4 is 16.0 Å². The highest BCUT2D eigenvalue weighted by Gasteiger charge is 2.03. The van der Waals surface area contributed by atoms with E-state index in [1.807, 2.05) is 31.2 Å². The molecule has 0 fully saturated rings. The molecule has 2 aromatic rings. The van der Waals surface area contributed by atoms with Crippen molar-refractivity contribution in [3.63, 3.8) is 0 Å². The number of aliphatic imine (C=N–C) groups is 1. The van der Waals surface area contributed by atoms with Crippen LogP contribution >= 0.6 is 11.3 Å². The first kappa shape index (κ1) is 17.0. The third-order valence-corrected chi connectivity index (χ3v) is 3.98. The van der Waals surface area contributed by atoms with E-state index < -0.39 is 0 Å². The molecule has 1 aromatic carbocycles. The van der Waals surface area contributed by atoms with E-state index >= 15 is 0 Å². The van der Waals surface area contributed by atoms with Crippen LogP contribution in [0.3, 0.4) is 0 Å². The van der Waals surface area contributed by atoms with Gasteiger partial charge in [-0.3, -0.25) is 4.79 Å². The molecule has 0 saturated heterocycles. The van der Waals surface area contributed by atoms with Gasteiger partial charge in [0.25, 0.3) is 5.91 Å². The van der Waals surface area contributed by atoms with E-state index in [4.69, 9.17) is 0 Å². The fourth-order valence-corrected chi connectivity index (χ4v) is 2.66. The Hall–Kier alpha value is -2.34. The Labute approximate surface area is 140 Å². The zero-order chi connectivity index (χ0) is 16.5.